The predicted molar refractivity (Wildman–Crippen MR) is 64.6 cm³/mol. The molecule has 1 rings (SSSR count). The van der Waals surface area contributed by atoms with E-state index in [-0.39, 0.29) is 0 Å². The van der Waals surface area contributed by atoms with Crippen molar-refractivity contribution >= 4 is 11.6 Å². The summed E-state index contributed by atoms with van der Waals surface area (Å²) in [4.78, 5) is 0. The number of ether oxygens (including phenoxy) is 1. The summed E-state index contributed by atoms with van der Waals surface area (Å²) >= 11 is 5.40. The van der Waals surface area contributed by atoms with Crippen molar-refractivity contribution < 1.29 is 4.74 Å². The standard InChI is InChI=1S/C12H16ClNO/c1-15-12-5-2-4-11(10-12)6-9-14-8-3-7-13/h2-5,7,10,14H,6,8-9H2,1H3/b7-3+. The van der Waals surface area contributed by atoms with E-state index in [1.54, 1.807) is 7.11 Å². The van der Waals surface area contributed by atoms with Gasteiger partial charge in [-0.3, -0.25) is 0 Å². The van der Waals surface area contributed by atoms with E-state index < -0.39 is 0 Å². The topological polar surface area (TPSA) is 21.3 Å². The van der Waals surface area contributed by atoms with Crippen molar-refractivity contribution in [3.63, 3.8) is 0 Å². The van der Waals surface area contributed by atoms with E-state index in [4.69, 9.17) is 16.3 Å². The molecule has 0 saturated carbocycles. The number of methoxy groups -OCH3 is 1. The lowest BCUT2D eigenvalue weighted by Gasteiger charge is -2.04. The number of hydrogen-bond acceptors (Lipinski definition) is 2. The summed E-state index contributed by atoms with van der Waals surface area (Å²) in [7, 11) is 1.68. The lowest BCUT2D eigenvalue weighted by atomic mass is 10.1. The van der Waals surface area contributed by atoms with Crippen molar-refractivity contribution in [2.75, 3.05) is 20.2 Å². The minimum absolute atomic E-state index is 0.813. The Morgan fingerprint density at radius 2 is 2.33 bits per heavy atom. The summed E-state index contributed by atoms with van der Waals surface area (Å²) in [6, 6.07) is 8.11. The molecular weight excluding hydrogens is 210 g/mol. The van der Waals surface area contributed by atoms with Gasteiger partial charge in [-0.2, -0.15) is 0 Å². The monoisotopic (exact) mass is 225 g/mol. The normalized spacial score (nSPS) is 10.8. The van der Waals surface area contributed by atoms with E-state index in [2.05, 4.69) is 17.4 Å². The molecule has 0 aliphatic rings. The fourth-order valence-electron chi connectivity index (χ4n) is 1.29. The summed E-state index contributed by atoms with van der Waals surface area (Å²) in [5.74, 6) is 0.910. The molecule has 1 aromatic carbocycles. The molecule has 82 valence electrons. The van der Waals surface area contributed by atoms with Gasteiger partial charge in [-0.15, -0.1) is 0 Å². The zero-order chi connectivity index (χ0) is 10.9. The van der Waals surface area contributed by atoms with Crippen LogP contribution in [0.15, 0.2) is 35.9 Å². The van der Waals surface area contributed by atoms with Gasteiger partial charge in [-0.05, 0) is 30.7 Å². The first-order valence-electron chi connectivity index (χ1n) is 4.95. The average Bonchev–Trinajstić information content (AvgIpc) is 2.29. The first-order valence-corrected chi connectivity index (χ1v) is 5.39. The van der Waals surface area contributed by atoms with Gasteiger partial charge in [0.1, 0.15) is 5.75 Å². The minimum atomic E-state index is 0.813. The molecule has 0 spiro atoms. The Hall–Kier alpha value is -0.990. The highest BCUT2D eigenvalue weighted by Gasteiger charge is 1.94. The van der Waals surface area contributed by atoms with Crippen molar-refractivity contribution in [3.05, 3.63) is 41.4 Å². The number of rotatable bonds is 6. The zero-order valence-electron chi connectivity index (χ0n) is 8.87. The predicted octanol–water partition coefficient (Wildman–Crippen LogP) is 2.58. The lowest BCUT2D eigenvalue weighted by molar-refractivity contribution is 0.414. The van der Waals surface area contributed by atoms with Gasteiger partial charge in [-0.1, -0.05) is 29.8 Å². The maximum absolute atomic E-state index is 5.40. The van der Waals surface area contributed by atoms with Crippen LogP contribution in [-0.4, -0.2) is 20.2 Å². The third-order valence-corrected chi connectivity index (χ3v) is 2.25. The van der Waals surface area contributed by atoms with Gasteiger partial charge >= 0.3 is 0 Å². The van der Waals surface area contributed by atoms with Crippen LogP contribution in [0.25, 0.3) is 0 Å². The number of nitrogens with one attached hydrogen (secondary N) is 1. The summed E-state index contributed by atoms with van der Waals surface area (Å²) < 4.78 is 5.15. The molecule has 0 unspecified atom stereocenters. The molecule has 15 heavy (non-hydrogen) atoms. The van der Waals surface area contributed by atoms with Gasteiger partial charge in [0.05, 0.1) is 7.11 Å². The van der Waals surface area contributed by atoms with Crippen molar-refractivity contribution in [2.45, 2.75) is 6.42 Å². The van der Waals surface area contributed by atoms with E-state index in [0.29, 0.717) is 0 Å². The average molecular weight is 226 g/mol. The van der Waals surface area contributed by atoms with Crippen molar-refractivity contribution in [1.29, 1.82) is 0 Å². The van der Waals surface area contributed by atoms with Crippen LogP contribution >= 0.6 is 11.6 Å². The van der Waals surface area contributed by atoms with Crippen molar-refractivity contribution in [2.24, 2.45) is 0 Å². The Morgan fingerprint density at radius 3 is 3.07 bits per heavy atom. The molecule has 0 fully saturated rings. The first-order chi connectivity index (χ1) is 7.36. The van der Waals surface area contributed by atoms with Crippen LogP contribution in [0.1, 0.15) is 5.56 Å². The second kappa shape index (κ2) is 7.32. The highest BCUT2D eigenvalue weighted by Crippen LogP contribution is 2.12. The van der Waals surface area contributed by atoms with E-state index in [9.17, 15) is 0 Å². The molecule has 0 amide bonds. The third-order valence-electron chi connectivity index (χ3n) is 2.08. The van der Waals surface area contributed by atoms with Crippen LogP contribution in [0.5, 0.6) is 5.75 Å². The van der Waals surface area contributed by atoms with Gasteiger partial charge in [0.15, 0.2) is 0 Å². The molecule has 0 bridgehead atoms. The molecule has 0 aromatic heterocycles. The Balaban J connectivity index is 2.30. The van der Waals surface area contributed by atoms with Gasteiger partial charge in [-0.25, -0.2) is 0 Å². The van der Waals surface area contributed by atoms with Crippen molar-refractivity contribution in [3.8, 4) is 5.75 Å². The van der Waals surface area contributed by atoms with E-state index >= 15 is 0 Å². The molecule has 1 aromatic rings. The first kappa shape index (κ1) is 12.1. The third kappa shape index (κ3) is 4.86. The highest BCUT2D eigenvalue weighted by molar-refractivity contribution is 6.25. The second-order valence-electron chi connectivity index (χ2n) is 3.17. The fourth-order valence-corrected chi connectivity index (χ4v) is 1.38. The molecule has 0 saturated heterocycles. The van der Waals surface area contributed by atoms with Gasteiger partial charge < -0.3 is 10.1 Å². The summed E-state index contributed by atoms with van der Waals surface area (Å²) in [5, 5.41) is 3.26. The summed E-state index contributed by atoms with van der Waals surface area (Å²) in [6.07, 6.45) is 2.88. The van der Waals surface area contributed by atoms with Crippen molar-refractivity contribution in [1.82, 2.24) is 5.32 Å². The van der Waals surface area contributed by atoms with Gasteiger partial charge in [0, 0.05) is 12.1 Å². The molecule has 2 nitrogen and oxygen atoms in total. The number of benzene rings is 1. The maximum atomic E-state index is 5.40. The number of hydrogen-bond donors (Lipinski definition) is 1. The van der Waals surface area contributed by atoms with Crippen LogP contribution < -0.4 is 10.1 Å². The molecular formula is C12H16ClNO. The van der Waals surface area contributed by atoms with Crippen LogP contribution in [0.4, 0.5) is 0 Å². The van der Waals surface area contributed by atoms with E-state index in [1.165, 1.54) is 11.1 Å². The fraction of sp³-hybridized carbons (Fsp3) is 0.333. The van der Waals surface area contributed by atoms with Crippen LogP contribution in [0.2, 0.25) is 0 Å². The Bertz CT molecular complexity index is 312. The van der Waals surface area contributed by atoms with Gasteiger partial charge in [0.25, 0.3) is 0 Å². The van der Waals surface area contributed by atoms with E-state index in [1.807, 2.05) is 18.2 Å². The van der Waals surface area contributed by atoms with Crippen LogP contribution in [0.3, 0.4) is 0 Å². The Kier molecular flexibility index (Phi) is 5.90. The zero-order valence-corrected chi connectivity index (χ0v) is 9.63. The molecule has 1 N–H and O–H groups in total. The van der Waals surface area contributed by atoms with Gasteiger partial charge in [0.2, 0.25) is 0 Å². The maximum Gasteiger partial charge on any atom is 0.119 e. The smallest absolute Gasteiger partial charge is 0.119 e. The SMILES string of the molecule is COc1cccc(CCNC/C=C/Cl)c1. The molecule has 0 heterocycles. The Morgan fingerprint density at radius 1 is 1.47 bits per heavy atom. The second-order valence-corrected chi connectivity index (χ2v) is 3.42. The molecule has 3 heteroatoms. The minimum Gasteiger partial charge on any atom is -0.497 e. The van der Waals surface area contributed by atoms with E-state index in [0.717, 1.165) is 25.3 Å². The lowest BCUT2D eigenvalue weighted by Crippen LogP contribution is -2.16. The quantitative estimate of drug-likeness (QED) is 0.752. The summed E-state index contributed by atoms with van der Waals surface area (Å²) in [6.45, 7) is 1.75. The van der Waals surface area contributed by atoms with Crippen LogP contribution in [0, 0.1) is 0 Å². The number of halogens is 1. The summed E-state index contributed by atoms with van der Waals surface area (Å²) in [5.41, 5.74) is 2.80. The molecule has 0 radical (unpaired) electrons. The largest absolute Gasteiger partial charge is 0.497 e. The Labute approximate surface area is 95.9 Å². The molecule has 0 atom stereocenters. The molecule has 0 aliphatic heterocycles. The highest BCUT2D eigenvalue weighted by atomic mass is 35.5. The molecule has 0 aliphatic carbocycles. The van der Waals surface area contributed by atoms with Crippen LogP contribution in [-0.2, 0) is 6.42 Å².